The standard InChI is InChI=1S/C18H18N4O6/c1-27-15-5-3-11(7-13(15)23)9-19-21-17(25)18(26)22-20-10-12-4-6-16(28-2)14(24)8-12/h3-10,23-24H,1-2H3,(H,21,25)(H,22,26)/b19-9+,20-10+. The van der Waals surface area contributed by atoms with Gasteiger partial charge in [0.05, 0.1) is 26.6 Å². The fourth-order valence-corrected chi connectivity index (χ4v) is 2.01. The highest BCUT2D eigenvalue weighted by molar-refractivity contribution is 6.35. The fraction of sp³-hybridized carbons (Fsp3) is 0.111. The monoisotopic (exact) mass is 386 g/mol. The number of hydrazone groups is 2. The Labute approximate surface area is 160 Å². The van der Waals surface area contributed by atoms with Crippen LogP contribution in [0.15, 0.2) is 46.6 Å². The van der Waals surface area contributed by atoms with E-state index in [4.69, 9.17) is 9.47 Å². The Morgan fingerprint density at radius 1 is 0.821 bits per heavy atom. The van der Waals surface area contributed by atoms with Crippen molar-refractivity contribution in [3.63, 3.8) is 0 Å². The summed E-state index contributed by atoms with van der Waals surface area (Å²) in [5.74, 6) is -1.66. The molecule has 0 aliphatic heterocycles. The zero-order valence-corrected chi connectivity index (χ0v) is 15.0. The third-order valence-electron chi connectivity index (χ3n) is 3.37. The van der Waals surface area contributed by atoms with Gasteiger partial charge in [0.1, 0.15) is 0 Å². The molecule has 2 rings (SSSR count). The van der Waals surface area contributed by atoms with Gasteiger partial charge < -0.3 is 19.7 Å². The smallest absolute Gasteiger partial charge is 0.331 e. The number of rotatable bonds is 6. The number of aromatic hydroxyl groups is 2. The van der Waals surface area contributed by atoms with Gasteiger partial charge >= 0.3 is 11.8 Å². The summed E-state index contributed by atoms with van der Waals surface area (Å²) >= 11 is 0. The normalized spacial score (nSPS) is 10.8. The van der Waals surface area contributed by atoms with Crippen LogP contribution < -0.4 is 20.3 Å². The Balaban J connectivity index is 1.86. The number of nitrogens with one attached hydrogen (secondary N) is 2. The first-order chi connectivity index (χ1) is 13.4. The lowest BCUT2D eigenvalue weighted by atomic mass is 10.2. The van der Waals surface area contributed by atoms with E-state index in [-0.39, 0.29) is 11.5 Å². The van der Waals surface area contributed by atoms with Crippen molar-refractivity contribution < 1.29 is 29.3 Å². The van der Waals surface area contributed by atoms with Crippen molar-refractivity contribution in [3.8, 4) is 23.0 Å². The van der Waals surface area contributed by atoms with Crippen LogP contribution in [0.5, 0.6) is 23.0 Å². The fourth-order valence-electron chi connectivity index (χ4n) is 2.01. The zero-order chi connectivity index (χ0) is 20.5. The molecular formula is C18H18N4O6. The molecule has 28 heavy (non-hydrogen) atoms. The van der Waals surface area contributed by atoms with E-state index in [1.807, 2.05) is 10.9 Å². The highest BCUT2D eigenvalue weighted by Gasteiger charge is 2.11. The van der Waals surface area contributed by atoms with Crippen LogP contribution in [-0.2, 0) is 9.59 Å². The first-order valence-electron chi connectivity index (χ1n) is 7.85. The minimum Gasteiger partial charge on any atom is -0.504 e. The highest BCUT2D eigenvalue weighted by atomic mass is 16.5. The number of amides is 2. The molecule has 2 aromatic carbocycles. The molecule has 0 aromatic heterocycles. The summed E-state index contributed by atoms with van der Waals surface area (Å²) in [5.41, 5.74) is 5.02. The Morgan fingerprint density at radius 3 is 1.54 bits per heavy atom. The van der Waals surface area contributed by atoms with Crippen molar-refractivity contribution in [3.05, 3.63) is 47.5 Å². The van der Waals surface area contributed by atoms with Crippen LogP contribution in [0.25, 0.3) is 0 Å². The molecule has 0 aliphatic rings. The number of methoxy groups -OCH3 is 2. The maximum Gasteiger partial charge on any atom is 0.331 e. The van der Waals surface area contributed by atoms with Gasteiger partial charge in [0.15, 0.2) is 23.0 Å². The van der Waals surface area contributed by atoms with Crippen molar-refractivity contribution in [1.29, 1.82) is 0 Å². The second kappa shape index (κ2) is 9.57. The quantitative estimate of drug-likeness (QED) is 0.327. The molecule has 10 heteroatoms. The lowest BCUT2D eigenvalue weighted by Gasteiger charge is -2.03. The van der Waals surface area contributed by atoms with E-state index < -0.39 is 11.8 Å². The summed E-state index contributed by atoms with van der Waals surface area (Å²) in [7, 11) is 2.84. The molecule has 2 aromatic rings. The van der Waals surface area contributed by atoms with E-state index >= 15 is 0 Å². The third-order valence-corrected chi connectivity index (χ3v) is 3.37. The van der Waals surface area contributed by atoms with Crippen LogP contribution in [0.2, 0.25) is 0 Å². The molecule has 0 unspecified atom stereocenters. The zero-order valence-electron chi connectivity index (χ0n) is 15.0. The van der Waals surface area contributed by atoms with Crippen LogP contribution in [0.4, 0.5) is 0 Å². The summed E-state index contributed by atoms with van der Waals surface area (Å²) in [6, 6.07) is 9.01. The number of hydrogen-bond acceptors (Lipinski definition) is 8. The number of carbonyl (C=O) groups is 2. The lowest BCUT2D eigenvalue weighted by molar-refractivity contribution is -0.139. The molecule has 0 radical (unpaired) electrons. The van der Waals surface area contributed by atoms with Crippen molar-refractivity contribution in [2.75, 3.05) is 14.2 Å². The average molecular weight is 386 g/mol. The van der Waals surface area contributed by atoms with E-state index in [1.165, 1.54) is 50.9 Å². The largest absolute Gasteiger partial charge is 0.504 e. The summed E-state index contributed by atoms with van der Waals surface area (Å²) in [6.45, 7) is 0. The van der Waals surface area contributed by atoms with Crippen molar-refractivity contribution >= 4 is 24.2 Å². The van der Waals surface area contributed by atoms with E-state index in [9.17, 15) is 19.8 Å². The molecular weight excluding hydrogens is 368 g/mol. The maximum absolute atomic E-state index is 11.6. The maximum atomic E-state index is 11.6. The van der Waals surface area contributed by atoms with E-state index in [0.29, 0.717) is 22.6 Å². The van der Waals surface area contributed by atoms with Crippen molar-refractivity contribution in [2.45, 2.75) is 0 Å². The van der Waals surface area contributed by atoms with Crippen molar-refractivity contribution in [1.82, 2.24) is 10.9 Å². The first kappa shape index (κ1) is 20.2. The third kappa shape index (κ3) is 5.46. The summed E-state index contributed by atoms with van der Waals surface area (Å²) < 4.78 is 9.82. The van der Waals surface area contributed by atoms with E-state index in [1.54, 1.807) is 12.1 Å². The summed E-state index contributed by atoms with van der Waals surface area (Å²) in [5, 5.41) is 26.5. The van der Waals surface area contributed by atoms with Crippen LogP contribution in [0.3, 0.4) is 0 Å². The molecule has 0 heterocycles. The molecule has 2 amide bonds. The molecule has 0 fully saturated rings. The van der Waals surface area contributed by atoms with Crippen LogP contribution >= 0.6 is 0 Å². The molecule has 0 aliphatic carbocycles. The van der Waals surface area contributed by atoms with Gasteiger partial charge in [0, 0.05) is 0 Å². The van der Waals surface area contributed by atoms with Gasteiger partial charge in [-0.15, -0.1) is 0 Å². The average Bonchev–Trinajstić information content (AvgIpc) is 2.68. The number of nitrogens with zero attached hydrogens (tertiary/aromatic N) is 2. The van der Waals surface area contributed by atoms with Gasteiger partial charge in [-0.05, 0) is 47.5 Å². The summed E-state index contributed by atoms with van der Waals surface area (Å²) in [6.07, 6.45) is 2.49. The van der Waals surface area contributed by atoms with Gasteiger partial charge in [-0.1, -0.05) is 0 Å². The lowest BCUT2D eigenvalue weighted by Crippen LogP contribution is -2.35. The predicted octanol–water partition coefficient (Wildman–Crippen LogP) is 0.715. The summed E-state index contributed by atoms with van der Waals surface area (Å²) in [4.78, 5) is 23.3. The number of phenols is 2. The SMILES string of the molecule is COc1ccc(/C=N/NC(=O)C(=O)N/N=C/c2ccc(OC)c(O)c2)cc1O. The van der Waals surface area contributed by atoms with Gasteiger partial charge in [-0.25, -0.2) is 10.9 Å². The second-order valence-corrected chi connectivity index (χ2v) is 5.26. The number of ether oxygens (including phenoxy) is 2. The minimum absolute atomic E-state index is 0.0885. The molecule has 0 saturated heterocycles. The molecule has 0 atom stereocenters. The van der Waals surface area contributed by atoms with Gasteiger partial charge in [0.2, 0.25) is 0 Å². The number of carbonyl (C=O) groups excluding carboxylic acids is 2. The van der Waals surface area contributed by atoms with Crippen LogP contribution in [0, 0.1) is 0 Å². The Hall–Kier alpha value is -4.08. The first-order valence-corrected chi connectivity index (χ1v) is 7.85. The predicted molar refractivity (Wildman–Crippen MR) is 101 cm³/mol. The minimum atomic E-state index is -1.04. The molecule has 0 bridgehead atoms. The molecule has 146 valence electrons. The molecule has 4 N–H and O–H groups in total. The second-order valence-electron chi connectivity index (χ2n) is 5.26. The van der Waals surface area contributed by atoms with Crippen molar-refractivity contribution in [2.24, 2.45) is 10.2 Å². The Morgan fingerprint density at radius 2 is 1.21 bits per heavy atom. The van der Waals surface area contributed by atoms with E-state index in [0.717, 1.165) is 0 Å². The highest BCUT2D eigenvalue weighted by Crippen LogP contribution is 2.26. The topological polar surface area (TPSA) is 142 Å². The number of phenolic OH excluding ortho intramolecular Hbond substituents is 2. The number of hydrogen-bond donors (Lipinski definition) is 4. The van der Waals surface area contributed by atoms with Gasteiger partial charge in [0.25, 0.3) is 0 Å². The molecule has 0 spiro atoms. The van der Waals surface area contributed by atoms with Gasteiger partial charge in [-0.2, -0.15) is 10.2 Å². The Kier molecular flexibility index (Phi) is 6.92. The molecule has 10 nitrogen and oxygen atoms in total. The number of benzene rings is 2. The van der Waals surface area contributed by atoms with Crippen LogP contribution in [-0.4, -0.2) is 48.7 Å². The molecule has 0 saturated carbocycles. The van der Waals surface area contributed by atoms with Gasteiger partial charge in [-0.3, -0.25) is 9.59 Å². The Bertz CT molecular complexity index is 851. The van der Waals surface area contributed by atoms with Crippen LogP contribution in [0.1, 0.15) is 11.1 Å². The van der Waals surface area contributed by atoms with E-state index in [2.05, 4.69) is 10.2 Å².